The van der Waals surface area contributed by atoms with Crippen LogP contribution in [0.3, 0.4) is 0 Å². The van der Waals surface area contributed by atoms with E-state index >= 15 is 0 Å². The van der Waals surface area contributed by atoms with E-state index < -0.39 is 11.7 Å². The highest BCUT2D eigenvalue weighted by Crippen LogP contribution is 2.21. The average molecular weight is 279 g/mol. The number of amides is 1. The van der Waals surface area contributed by atoms with Crippen LogP contribution in [0.5, 0.6) is 0 Å². The summed E-state index contributed by atoms with van der Waals surface area (Å²) in [6, 6.07) is 8.90. The number of hydrogen-bond acceptors (Lipinski definition) is 2. The molecule has 3 nitrogen and oxygen atoms in total. The first kappa shape index (κ1) is 13.4. The zero-order valence-corrected chi connectivity index (χ0v) is 11.0. The van der Waals surface area contributed by atoms with Gasteiger partial charge in [-0.15, -0.1) is 0 Å². The van der Waals surface area contributed by atoms with Gasteiger partial charge in [0.2, 0.25) is 0 Å². The summed E-state index contributed by atoms with van der Waals surface area (Å²) in [6.07, 6.45) is 0. The maximum atomic E-state index is 13.5. The first-order valence-electron chi connectivity index (χ1n) is 5.60. The van der Waals surface area contributed by atoms with Crippen molar-refractivity contribution in [2.45, 2.75) is 6.92 Å². The molecule has 0 aliphatic carbocycles. The van der Waals surface area contributed by atoms with Gasteiger partial charge in [0.25, 0.3) is 5.91 Å². The van der Waals surface area contributed by atoms with Gasteiger partial charge in [-0.25, -0.2) is 4.39 Å². The predicted octanol–water partition coefficient (Wildman–Crippen LogP) is 3.62. The van der Waals surface area contributed by atoms with Gasteiger partial charge in [0, 0.05) is 16.4 Å². The number of halogens is 2. The standard InChI is InChI=1S/C14H12ClFN2O/c1-8-6-9(15)2-5-13(8)18-14(19)11-7-10(17)3-4-12(11)16/h2-7H,17H2,1H3,(H,18,19). The Morgan fingerprint density at radius 3 is 2.68 bits per heavy atom. The molecule has 1 amide bonds. The van der Waals surface area contributed by atoms with Crippen molar-refractivity contribution in [3.05, 3.63) is 58.4 Å². The molecular formula is C14H12ClFN2O. The number of nitrogens with one attached hydrogen (secondary N) is 1. The predicted molar refractivity (Wildman–Crippen MR) is 75.0 cm³/mol. The van der Waals surface area contributed by atoms with E-state index in [1.54, 1.807) is 25.1 Å². The van der Waals surface area contributed by atoms with Crippen molar-refractivity contribution in [1.29, 1.82) is 0 Å². The highest BCUT2D eigenvalue weighted by Gasteiger charge is 2.13. The molecular weight excluding hydrogens is 267 g/mol. The fourth-order valence-corrected chi connectivity index (χ4v) is 1.90. The highest BCUT2D eigenvalue weighted by atomic mass is 35.5. The van der Waals surface area contributed by atoms with E-state index in [1.165, 1.54) is 18.2 Å². The van der Waals surface area contributed by atoms with Crippen molar-refractivity contribution in [3.63, 3.8) is 0 Å². The number of rotatable bonds is 2. The second-order valence-corrected chi connectivity index (χ2v) is 4.59. The summed E-state index contributed by atoms with van der Waals surface area (Å²) in [7, 11) is 0. The molecule has 19 heavy (non-hydrogen) atoms. The summed E-state index contributed by atoms with van der Waals surface area (Å²) in [6.45, 7) is 1.80. The topological polar surface area (TPSA) is 55.1 Å². The molecule has 0 radical (unpaired) electrons. The van der Waals surface area contributed by atoms with Gasteiger partial charge < -0.3 is 11.1 Å². The molecule has 0 heterocycles. The Bertz CT molecular complexity index is 643. The van der Waals surface area contributed by atoms with Crippen molar-refractivity contribution in [1.82, 2.24) is 0 Å². The number of aryl methyl sites for hydroxylation is 1. The number of nitrogen functional groups attached to an aromatic ring is 1. The molecule has 0 aliphatic heterocycles. The van der Waals surface area contributed by atoms with Gasteiger partial charge in [0.1, 0.15) is 5.82 Å². The lowest BCUT2D eigenvalue weighted by Gasteiger charge is -2.09. The highest BCUT2D eigenvalue weighted by molar-refractivity contribution is 6.30. The number of anilines is 2. The molecule has 2 rings (SSSR count). The molecule has 98 valence electrons. The Labute approximate surface area is 115 Å². The van der Waals surface area contributed by atoms with Crippen LogP contribution in [0.4, 0.5) is 15.8 Å². The largest absolute Gasteiger partial charge is 0.399 e. The van der Waals surface area contributed by atoms with Crippen molar-refractivity contribution >= 4 is 28.9 Å². The molecule has 0 saturated heterocycles. The summed E-state index contributed by atoms with van der Waals surface area (Å²) < 4.78 is 13.5. The maximum Gasteiger partial charge on any atom is 0.258 e. The number of carbonyl (C=O) groups excluding carboxylic acids is 1. The molecule has 0 bridgehead atoms. The van der Waals surface area contributed by atoms with E-state index in [0.717, 1.165) is 5.56 Å². The summed E-state index contributed by atoms with van der Waals surface area (Å²) in [5, 5.41) is 3.20. The van der Waals surface area contributed by atoms with Crippen LogP contribution in [0.2, 0.25) is 5.02 Å². The quantitative estimate of drug-likeness (QED) is 0.824. The second kappa shape index (κ2) is 5.28. The van der Waals surface area contributed by atoms with E-state index in [4.69, 9.17) is 17.3 Å². The summed E-state index contributed by atoms with van der Waals surface area (Å²) >= 11 is 5.83. The molecule has 0 saturated carbocycles. The normalized spacial score (nSPS) is 10.3. The van der Waals surface area contributed by atoms with Crippen LogP contribution in [-0.4, -0.2) is 5.91 Å². The molecule has 0 fully saturated rings. The summed E-state index contributed by atoms with van der Waals surface area (Å²) in [5.74, 6) is -1.16. The van der Waals surface area contributed by atoms with E-state index in [0.29, 0.717) is 16.4 Å². The minimum atomic E-state index is -0.613. The lowest BCUT2D eigenvalue weighted by molar-refractivity contribution is 0.102. The van der Waals surface area contributed by atoms with Gasteiger partial charge in [-0.2, -0.15) is 0 Å². The summed E-state index contributed by atoms with van der Waals surface area (Å²) in [4.78, 5) is 12.0. The fraction of sp³-hybridized carbons (Fsp3) is 0.0714. The molecule has 2 aromatic carbocycles. The van der Waals surface area contributed by atoms with Gasteiger partial charge in [-0.3, -0.25) is 4.79 Å². The molecule has 0 aromatic heterocycles. The monoisotopic (exact) mass is 278 g/mol. The second-order valence-electron chi connectivity index (χ2n) is 4.15. The molecule has 0 unspecified atom stereocenters. The van der Waals surface area contributed by atoms with Crippen LogP contribution < -0.4 is 11.1 Å². The van der Waals surface area contributed by atoms with Crippen molar-refractivity contribution < 1.29 is 9.18 Å². The molecule has 3 N–H and O–H groups in total. The van der Waals surface area contributed by atoms with Crippen LogP contribution in [0.25, 0.3) is 0 Å². The Morgan fingerprint density at radius 2 is 2.00 bits per heavy atom. The van der Waals surface area contributed by atoms with Crippen LogP contribution in [0.1, 0.15) is 15.9 Å². The van der Waals surface area contributed by atoms with E-state index in [9.17, 15) is 9.18 Å². The van der Waals surface area contributed by atoms with E-state index in [2.05, 4.69) is 5.32 Å². The van der Waals surface area contributed by atoms with E-state index in [1.807, 2.05) is 0 Å². The Balaban J connectivity index is 2.28. The zero-order valence-electron chi connectivity index (χ0n) is 10.2. The molecule has 0 aliphatic rings. The Morgan fingerprint density at radius 1 is 1.26 bits per heavy atom. The zero-order chi connectivity index (χ0) is 14.0. The Hall–Kier alpha value is -2.07. The SMILES string of the molecule is Cc1cc(Cl)ccc1NC(=O)c1cc(N)ccc1F. The number of hydrogen-bond donors (Lipinski definition) is 2. The molecule has 0 spiro atoms. The van der Waals surface area contributed by atoms with Gasteiger partial charge in [-0.1, -0.05) is 11.6 Å². The third kappa shape index (κ3) is 3.03. The van der Waals surface area contributed by atoms with Crippen LogP contribution in [0, 0.1) is 12.7 Å². The average Bonchev–Trinajstić information content (AvgIpc) is 2.35. The molecule has 5 heteroatoms. The van der Waals surface area contributed by atoms with Crippen molar-refractivity contribution in [2.24, 2.45) is 0 Å². The smallest absolute Gasteiger partial charge is 0.258 e. The van der Waals surface area contributed by atoms with Crippen LogP contribution in [-0.2, 0) is 0 Å². The number of nitrogens with two attached hydrogens (primary N) is 1. The third-order valence-electron chi connectivity index (χ3n) is 2.67. The lowest BCUT2D eigenvalue weighted by Crippen LogP contribution is -2.14. The first-order valence-corrected chi connectivity index (χ1v) is 5.97. The number of carbonyl (C=O) groups is 1. The third-order valence-corrected chi connectivity index (χ3v) is 2.91. The lowest BCUT2D eigenvalue weighted by atomic mass is 10.1. The minimum absolute atomic E-state index is 0.0886. The molecule has 0 atom stereocenters. The van der Waals surface area contributed by atoms with Gasteiger partial charge >= 0.3 is 0 Å². The van der Waals surface area contributed by atoms with Gasteiger partial charge in [0.05, 0.1) is 5.56 Å². The maximum absolute atomic E-state index is 13.5. The van der Waals surface area contributed by atoms with Crippen molar-refractivity contribution in [3.8, 4) is 0 Å². The minimum Gasteiger partial charge on any atom is -0.399 e. The Kier molecular flexibility index (Phi) is 3.71. The van der Waals surface area contributed by atoms with Crippen LogP contribution >= 0.6 is 11.6 Å². The van der Waals surface area contributed by atoms with Gasteiger partial charge in [-0.05, 0) is 48.9 Å². The first-order chi connectivity index (χ1) is 8.97. The van der Waals surface area contributed by atoms with E-state index in [-0.39, 0.29) is 5.56 Å². The number of benzene rings is 2. The molecule has 2 aromatic rings. The summed E-state index contributed by atoms with van der Waals surface area (Å²) in [5.41, 5.74) is 7.16. The van der Waals surface area contributed by atoms with Crippen LogP contribution in [0.15, 0.2) is 36.4 Å². The fourth-order valence-electron chi connectivity index (χ4n) is 1.67. The van der Waals surface area contributed by atoms with Crippen molar-refractivity contribution in [2.75, 3.05) is 11.1 Å². The van der Waals surface area contributed by atoms with Gasteiger partial charge in [0.15, 0.2) is 0 Å².